The Morgan fingerprint density at radius 2 is 2.21 bits per heavy atom. The van der Waals surface area contributed by atoms with E-state index in [9.17, 15) is 4.79 Å². The van der Waals surface area contributed by atoms with Gasteiger partial charge in [-0.05, 0) is 18.8 Å². The van der Waals surface area contributed by atoms with Crippen molar-refractivity contribution in [1.29, 1.82) is 0 Å². The highest BCUT2D eigenvalue weighted by Crippen LogP contribution is 2.33. The third-order valence-corrected chi connectivity index (χ3v) is 2.78. The molecule has 0 N–H and O–H groups in total. The highest BCUT2D eigenvalue weighted by molar-refractivity contribution is 6.32. The molecule has 3 heteroatoms. The molecule has 1 atom stereocenters. The van der Waals surface area contributed by atoms with E-state index in [-0.39, 0.29) is 12.1 Å². The van der Waals surface area contributed by atoms with E-state index in [1.54, 1.807) is 0 Å². The zero-order valence-corrected chi connectivity index (χ0v) is 9.73. The molecular weight excluding hydrogens is 200 g/mol. The zero-order valence-electron chi connectivity index (χ0n) is 8.97. The van der Waals surface area contributed by atoms with Crippen molar-refractivity contribution < 1.29 is 9.53 Å². The molecule has 2 nitrogen and oxygen atoms in total. The number of allylic oxidation sites excluding steroid dienone is 1. The lowest BCUT2D eigenvalue weighted by molar-refractivity contribution is -0.159. The van der Waals surface area contributed by atoms with Crippen LogP contribution in [0.4, 0.5) is 0 Å². The predicted octanol–water partition coefficient (Wildman–Crippen LogP) is 3.25. The molecule has 1 rings (SSSR count). The van der Waals surface area contributed by atoms with Gasteiger partial charge in [-0.3, -0.25) is 0 Å². The predicted molar refractivity (Wildman–Crippen MR) is 57.1 cm³/mol. The highest BCUT2D eigenvalue weighted by atomic mass is 35.5. The van der Waals surface area contributed by atoms with Gasteiger partial charge in [0.2, 0.25) is 0 Å². The van der Waals surface area contributed by atoms with Crippen molar-refractivity contribution in [3.63, 3.8) is 0 Å². The average Bonchev–Trinajstić information content (AvgIpc) is 2.10. The Kier molecular flexibility index (Phi) is 3.99. The summed E-state index contributed by atoms with van der Waals surface area (Å²) >= 11 is 6.07. The van der Waals surface area contributed by atoms with Gasteiger partial charge in [0.05, 0.1) is 5.57 Å². The number of rotatable bonds is 4. The molecule has 0 spiro atoms. The number of hydrogen-bond donors (Lipinski definition) is 0. The molecule has 1 heterocycles. The van der Waals surface area contributed by atoms with Crippen molar-refractivity contribution in [2.75, 3.05) is 0 Å². The fraction of sp³-hybridized carbons (Fsp3) is 0.727. The molecule has 1 aliphatic rings. The first kappa shape index (κ1) is 11.6. The van der Waals surface area contributed by atoms with Crippen LogP contribution in [0.15, 0.2) is 10.6 Å². The molecule has 0 aromatic rings. The van der Waals surface area contributed by atoms with Crippen molar-refractivity contribution in [2.24, 2.45) is 5.92 Å². The Labute approximate surface area is 90.3 Å². The molecule has 0 amide bonds. The molecule has 1 saturated heterocycles. The van der Waals surface area contributed by atoms with Crippen LogP contribution in [0.1, 0.15) is 40.0 Å². The summed E-state index contributed by atoms with van der Waals surface area (Å²) < 4.78 is 5.03. The second-order valence-corrected chi connectivity index (χ2v) is 4.45. The molecule has 1 fully saturated rings. The number of hydrogen-bond acceptors (Lipinski definition) is 2. The number of unbranched alkanes of at least 4 members (excludes halogenated alkanes) is 1. The lowest BCUT2D eigenvalue weighted by Gasteiger charge is -2.33. The molecule has 1 aliphatic heterocycles. The summed E-state index contributed by atoms with van der Waals surface area (Å²) in [7, 11) is 0. The smallest absolute Gasteiger partial charge is 0.339 e. The van der Waals surface area contributed by atoms with Gasteiger partial charge in [-0.25, -0.2) is 4.79 Å². The number of carbonyl (C=O) groups is 1. The maximum atomic E-state index is 11.2. The Morgan fingerprint density at radius 1 is 1.57 bits per heavy atom. The normalized spacial score (nSPS) is 24.6. The van der Waals surface area contributed by atoms with E-state index in [1.165, 1.54) is 0 Å². The summed E-state index contributed by atoms with van der Waals surface area (Å²) in [6, 6.07) is 0. The van der Waals surface area contributed by atoms with Gasteiger partial charge in [-0.1, -0.05) is 38.8 Å². The van der Waals surface area contributed by atoms with Crippen LogP contribution in [0.25, 0.3) is 0 Å². The molecule has 1 unspecified atom stereocenters. The third-order valence-electron chi connectivity index (χ3n) is 2.39. The largest absolute Gasteiger partial charge is 0.453 e. The first-order valence-corrected chi connectivity index (χ1v) is 5.55. The molecule has 0 aromatic heterocycles. The van der Waals surface area contributed by atoms with Gasteiger partial charge in [-0.2, -0.15) is 0 Å². The van der Waals surface area contributed by atoms with Crippen LogP contribution in [0.5, 0.6) is 0 Å². The minimum absolute atomic E-state index is 0.0770. The minimum atomic E-state index is -0.232. The topological polar surface area (TPSA) is 26.3 Å². The average molecular weight is 217 g/mol. The van der Waals surface area contributed by atoms with Crippen molar-refractivity contribution in [2.45, 2.75) is 46.1 Å². The molecule has 80 valence electrons. The fourth-order valence-electron chi connectivity index (χ4n) is 1.50. The van der Waals surface area contributed by atoms with Gasteiger partial charge < -0.3 is 4.74 Å². The van der Waals surface area contributed by atoms with Gasteiger partial charge in [0, 0.05) is 5.03 Å². The first-order valence-electron chi connectivity index (χ1n) is 5.17. The van der Waals surface area contributed by atoms with Gasteiger partial charge in [0.15, 0.2) is 0 Å². The van der Waals surface area contributed by atoms with Crippen LogP contribution in [0.3, 0.4) is 0 Å². The van der Waals surface area contributed by atoms with Crippen LogP contribution in [0, 0.1) is 5.92 Å². The van der Waals surface area contributed by atoms with Crippen molar-refractivity contribution in [3.8, 4) is 0 Å². The fourth-order valence-corrected chi connectivity index (χ4v) is 1.82. The van der Waals surface area contributed by atoms with Crippen LogP contribution < -0.4 is 0 Å². The monoisotopic (exact) mass is 216 g/mol. The Morgan fingerprint density at radius 3 is 2.64 bits per heavy atom. The quantitative estimate of drug-likeness (QED) is 0.533. The van der Waals surface area contributed by atoms with E-state index >= 15 is 0 Å². The number of ether oxygens (including phenoxy) is 1. The second-order valence-electron chi connectivity index (χ2n) is 3.99. The van der Waals surface area contributed by atoms with E-state index in [2.05, 4.69) is 6.92 Å². The summed E-state index contributed by atoms with van der Waals surface area (Å²) in [5.41, 5.74) is 0.704. The minimum Gasteiger partial charge on any atom is -0.453 e. The van der Waals surface area contributed by atoms with Crippen LogP contribution in [-0.4, -0.2) is 12.1 Å². The standard InChI is InChI=1S/C11H17ClO2/c1-4-5-6-8(12)9-10(7(2)3)14-11(9)13/h7,10H,4-6H2,1-3H3/b9-8-. The van der Waals surface area contributed by atoms with Gasteiger partial charge in [0.1, 0.15) is 6.10 Å². The van der Waals surface area contributed by atoms with Crippen molar-refractivity contribution >= 4 is 17.6 Å². The van der Waals surface area contributed by atoms with Crippen LogP contribution in [0.2, 0.25) is 0 Å². The maximum absolute atomic E-state index is 11.2. The Balaban J connectivity index is 2.67. The van der Waals surface area contributed by atoms with E-state index in [0.29, 0.717) is 16.5 Å². The number of esters is 1. The molecule has 14 heavy (non-hydrogen) atoms. The highest BCUT2D eigenvalue weighted by Gasteiger charge is 2.40. The van der Waals surface area contributed by atoms with E-state index in [1.807, 2.05) is 13.8 Å². The van der Waals surface area contributed by atoms with Gasteiger partial charge in [0.25, 0.3) is 0 Å². The summed E-state index contributed by atoms with van der Waals surface area (Å²) in [5.74, 6) is 0.0860. The molecule has 0 bridgehead atoms. The first-order chi connectivity index (χ1) is 6.57. The van der Waals surface area contributed by atoms with Crippen LogP contribution in [-0.2, 0) is 9.53 Å². The summed E-state index contributed by atoms with van der Waals surface area (Å²) in [5, 5.41) is 0.696. The Bertz CT molecular complexity index is 256. The molecule has 0 aromatic carbocycles. The van der Waals surface area contributed by atoms with E-state index < -0.39 is 0 Å². The van der Waals surface area contributed by atoms with Crippen molar-refractivity contribution in [1.82, 2.24) is 0 Å². The molecule has 0 saturated carbocycles. The van der Waals surface area contributed by atoms with Gasteiger partial charge >= 0.3 is 5.97 Å². The van der Waals surface area contributed by atoms with Crippen LogP contribution >= 0.6 is 11.6 Å². The van der Waals surface area contributed by atoms with E-state index in [0.717, 1.165) is 19.3 Å². The third kappa shape index (κ3) is 2.30. The summed E-state index contributed by atoms with van der Waals surface area (Å²) in [4.78, 5) is 11.2. The lowest BCUT2D eigenvalue weighted by atomic mass is 9.93. The van der Waals surface area contributed by atoms with E-state index in [4.69, 9.17) is 16.3 Å². The number of halogens is 1. The van der Waals surface area contributed by atoms with Gasteiger partial charge in [-0.15, -0.1) is 0 Å². The lowest BCUT2D eigenvalue weighted by Crippen LogP contribution is -2.41. The molecular formula is C11H17ClO2. The molecule has 0 radical (unpaired) electrons. The summed E-state index contributed by atoms with van der Waals surface area (Å²) in [6.45, 7) is 6.16. The SMILES string of the molecule is CCCC/C(Cl)=C1/C(=O)OC1C(C)C. The zero-order chi connectivity index (χ0) is 10.7. The number of cyclic esters (lactones) is 1. The number of carbonyl (C=O) groups excluding carboxylic acids is 1. The molecule has 0 aliphatic carbocycles. The maximum Gasteiger partial charge on any atom is 0.339 e. The Hall–Kier alpha value is -0.500. The van der Waals surface area contributed by atoms with Crippen molar-refractivity contribution in [3.05, 3.63) is 10.6 Å². The second kappa shape index (κ2) is 4.83. The summed E-state index contributed by atoms with van der Waals surface area (Å²) in [6.07, 6.45) is 2.84.